The molecule has 26 heavy (non-hydrogen) atoms. The lowest BCUT2D eigenvalue weighted by molar-refractivity contribution is 0.0729. The fourth-order valence-corrected chi connectivity index (χ4v) is 4.13. The van der Waals surface area contributed by atoms with Crippen LogP contribution in [0.2, 0.25) is 5.02 Å². The summed E-state index contributed by atoms with van der Waals surface area (Å²) < 4.78 is 45.8. The number of anilines is 1. The maximum atomic E-state index is 14.2. The molecule has 0 saturated carbocycles. The molecule has 0 spiro atoms. The number of halogens is 2. The summed E-state index contributed by atoms with van der Waals surface area (Å²) in [5.41, 5.74) is 0.523. The van der Waals surface area contributed by atoms with E-state index in [1.54, 1.807) is 24.3 Å². The van der Waals surface area contributed by atoms with Crippen LogP contribution in [-0.4, -0.2) is 44.9 Å². The van der Waals surface area contributed by atoms with Crippen molar-refractivity contribution in [2.75, 3.05) is 31.6 Å². The summed E-state index contributed by atoms with van der Waals surface area (Å²) in [6.45, 7) is 0.779. The van der Waals surface area contributed by atoms with Gasteiger partial charge >= 0.3 is 0 Å². The first kappa shape index (κ1) is 18.8. The minimum atomic E-state index is -4.05. The quantitative estimate of drug-likeness (QED) is 0.859. The summed E-state index contributed by atoms with van der Waals surface area (Å²) in [4.78, 5) is 11.8. The zero-order valence-corrected chi connectivity index (χ0v) is 15.2. The Kier molecular flexibility index (Phi) is 5.57. The zero-order valence-electron chi connectivity index (χ0n) is 13.6. The normalized spacial score (nSPS) is 15.6. The average Bonchev–Trinajstić information content (AvgIpc) is 2.64. The number of hydrogen-bond acceptors (Lipinski definition) is 4. The second-order valence-electron chi connectivity index (χ2n) is 5.62. The van der Waals surface area contributed by atoms with Crippen molar-refractivity contribution in [3.8, 4) is 0 Å². The lowest BCUT2D eigenvalue weighted by atomic mass is 10.2. The van der Waals surface area contributed by atoms with Crippen molar-refractivity contribution in [1.82, 2.24) is 4.31 Å². The van der Waals surface area contributed by atoms with Crippen LogP contribution in [0.3, 0.4) is 0 Å². The van der Waals surface area contributed by atoms with Gasteiger partial charge in [0.15, 0.2) is 0 Å². The van der Waals surface area contributed by atoms with Gasteiger partial charge in [-0.25, -0.2) is 12.8 Å². The van der Waals surface area contributed by atoms with Gasteiger partial charge in [-0.2, -0.15) is 4.31 Å². The van der Waals surface area contributed by atoms with Gasteiger partial charge < -0.3 is 10.1 Å². The summed E-state index contributed by atoms with van der Waals surface area (Å²) in [7, 11) is -4.05. The van der Waals surface area contributed by atoms with E-state index < -0.39 is 26.6 Å². The number of morpholine rings is 1. The Morgan fingerprint density at radius 2 is 1.77 bits per heavy atom. The Labute approximate surface area is 155 Å². The maximum absolute atomic E-state index is 14.2. The number of rotatable bonds is 4. The van der Waals surface area contributed by atoms with E-state index in [1.165, 1.54) is 6.07 Å². The van der Waals surface area contributed by atoms with Gasteiger partial charge in [0.25, 0.3) is 5.91 Å². The van der Waals surface area contributed by atoms with Gasteiger partial charge in [-0.05, 0) is 42.5 Å². The molecule has 6 nitrogen and oxygen atoms in total. The largest absolute Gasteiger partial charge is 0.379 e. The number of sulfonamides is 1. The van der Waals surface area contributed by atoms with Crippen molar-refractivity contribution in [3.63, 3.8) is 0 Å². The molecule has 1 N–H and O–H groups in total. The third-order valence-electron chi connectivity index (χ3n) is 3.88. The molecule has 0 unspecified atom stereocenters. The number of nitrogens with one attached hydrogen (secondary N) is 1. The van der Waals surface area contributed by atoms with E-state index in [0.717, 1.165) is 16.4 Å². The molecule has 1 fully saturated rings. The van der Waals surface area contributed by atoms with E-state index in [1.807, 2.05) is 0 Å². The summed E-state index contributed by atoms with van der Waals surface area (Å²) in [5, 5.41) is 3.13. The molecule has 1 aliphatic heterocycles. The highest BCUT2D eigenvalue weighted by atomic mass is 35.5. The molecule has 1 saturated heterocycles. The summed E-state index contributed by atoms with van der Waals surface area (Å²) in [5.74, 6) is -1.45. The standard InChI is InChI=1S/C17H16ClFN2O4S/c18-13-2-4-14(5-3-13)20-17(22)12-1-6-15(19)16(11-12)26(23,24)21-7-9-25-10-8-21/h1-6,11H,7-10H2,(H,20,22). The zero-order chi connectivity index (χ0) is 18.7. The van der Waals surface area contributed by atoms with Gasteiger partial charge in [-0.3, -0.25) is 4.79 Å². The number of carbonyl (C=O) groups is 1. The van der Waals surface area contributed by atoms with E-state index >= 15 is 0 Å². The monoisotopic (exact) mass is 398 g/mol. The SMILES string of the molecule is O=C(Nc1ccc(Cl)cc1)c1ccc(F)c(S(=O)(=O)N2CCOCC2)c1. The first-order valence-corrected chi connectivity index (χ1v) is 9.64. The molecule has 2 aromatic carbocycles. The lowest BCUT2D eigenvalue weighted by Gasteiger charge is -2.26. The highest BCUT2D eigenvalue weighted by Gasteiger charge is 2.29. The van der Waals surface area contributed by atoms with E-state index in [0.29, 0.717) is 10.7 Å². The Bertz CT molecular complexity index is 913. The van der Waals surface area contributed by atoms with Gasteiger partial charge in [-0.1, -0.05) is 11.6 Å². The van der Waals surface area contributed by atoms with Crippen LogP contribution in [0.25, 0.3) is 0 Å². The minimum absolute atomic E-state index is 0.0354. The number of benzene rings is 2. The first-order chi connectivity index (χ1) is 12.4. The molecule has 0 bridgehead atoms. The predicted molar refractivity (Wildman–Crippen MR) is 95.4 cm³/mol. The van der Waals surface area contributed by atoms with E-state index in [-0.39, 0.29) is 31.9 Å². The van der Waals surface area contributed by atoms with E-state index in [9.17, 15) is 17.6 Å². The second kappa shape index (κ2) is 7.71. The van der Waals surface area contributed by atoms with Crippen LogP contribution in [0, 0.1) is 5.82 Å². The van der Waals surface area contributed by atoms with Crippen LogP contribution in [0.4, 0.5) is 10.1 Å². The Hall–Kier alpha value is -2.00. The van der Waals surface area contributed by atoms with Crippen molar-refractivity contribution in [3.05, 3.63) is 58.9 Å². The fraction of sp³-hybridized carbons (Fsp3) is 0.235. The van der Waals surface area contributed by atoms with Crippen LogP contribution < -0.4 is 5.32 Å². The third kappa shape index (κ3) is 4.04. The number of amides is 1. The molecule has 3 rings (SSSR count). The number of hydrogen-bond donors (Lipinski definition) is 1. The van der Waals surface area contributed by atoms with E-state index in [4.69, 9.17) is 16.3 Å². The maximum Gasteiger partial charge on any atom is 0.255 e. The molecule has 0 aromatic heterocycles. The molecule has 1 aliphatic rings. The molecule has 0 radical (unpaired) electrons. The van der Waals surface area contributed by atoms with Gasteiger partial charge in [0.1, 0.15) is 10.7 Å². The van der Waals surface area contributed by atoms with Gasteiger partial charge in [0, 0.05) is 29.4 Å². The van der Waals surface area contributed by atoms with Crippen molar-refractivity contribution >= 4 is 33.2 Å². The fourth-order valence-electron chi connectivity index (χ4n) is 2.50. The Morgan fingerprint density at radius 1 is 1.12 bits per heavy atom. The molecule has 0 aliphatic carbocycles. The van der Waals surface area contributed by atoms with Gasteiger partial charge in [-0.15, -0.1) is 0 Å². The van der Waals surface area contributed by atoms with Crippen molar-refractivity contribution in [2.45, 2.75) is 4.90 Å². The topological polar surface area (TPSA) is 75.7 Å². The molecule has 0 atom stereocenters. The van der Waals surface area contributed by atoms with Crippen molar-refractivity contribution in [1.29, 1.82) is 0 Å². The minimum Gasteiger partial charge on any atom is -0.379 e. The molecule has 1 heterocycles. The second-order valence-corrected chi connectivity index (χ2v) is 7.97. The van der Waals surface area contributed by atoms with Gasteiger partial charge in [0.05, 0.1) is 13.2 Å². The van der Waals surface area contributed by atoms with Crippen molar-refractivity contribution < 1.29 is 22.3 Å². The number of carbonyl (C=O) groups excluding carboxylic acids is 1. The highest BCUT2D eigenvalue weighted by Crippen LogP contribution is 2.22. The summed E-state index contributed by atoms with van der Waals surface area (Å²) >= 11 is 5.79. The Balaban J connectivity index is 1.87. The molecule has 9 heteroatoms. The molecule has 138 valence electrons. The molecule has 2 aromatic rings. The van der Waals surface area contributed by atoms with Crippen LogP contribution in [0.15, 0.2) is 47.4 Å². The first-order valence-electron chi connectivity index (χ1n) is 7.82. The van der Waals surface area contributed by atoms with Crippen molar-refractivity contribution in [2.24, 2.45) is 0 Å². The van der Waals surface area contributed by atoms with Crippen LogP contribution in [0.5, 0.6) is 0 Å². The van der Waals surface area contributed by atoms with Crippen LogP contribution >= 0.6 is 11.6 Å². The number of nitrogens with zero attached hydrogens (tertiary/aromatic N) is 1. The smallest absolute Gasteiger partial charge is 0.255 e. The summed E-state index contributed by atoms with van der Waals surface area (Å²) in [6, 6.07) is 9.69. The number of ether oxygens (including phenoxy) is 1. The molecular weight excluding hydrogens is 383 g/mol. The van der Waals surface area contributed by atoms with E-state index in [2.05, 4.69) is 5.32 Å². The van der Waals surface area contributed by atoms with Crippen LogP contribution in [-0.2, 0) is 14.8 Å². The predicted octanol–water partition coefficient (Wildman–Crippen LogP) is 2.75. The van der Waals surface area contributed by atoms with Crippen LogP contribution in [0.1, 0.15) is 10.4 Å². The third-order valence-corrected chi connectivity index (χ3v) is 6.05. The molecular formula is C17H16ClFN2O4S. The lowest BCUT2D eigenvalue weighted by Crippen LogP contribution is -2.41. The highest BCUT2D eigenvalue weighted by molar-refractivity contribution is 7.89. The average molecular weight is 399 g/mol. The summed E-state index contributed by atoms with van der Waals surface area (Å²) in [6.07, 6.45) is 0. The Morgan fingerprint density at radius 3 is 2.42 bits per heavy atom. The van der Waals surface area contributed by atoms with Gasteiger partial charge in [0.2, 0.25) is 10.0 Å². The molecule has 1 amide bonds.